The summed E-state index contributed by atoms with van der Waals surface area (Å²) in [5.74, 6) is 0.0846. The molecule has 1 N–H and O–H groups in total. The lowest BCUT2D eigenvalue weighted by atomic mass is 10.2. The molecule has 0 saturated heterocycles. The van der Waals surface area contributed by atoms with Gasteiger partial charge in [0.2, 0.25) is 10.0 Å². The maximum absolute atomic E-state index is 13.1. The van der Waals surface area contributed by atoms with E-state index < -0.39 is 15.9 Å². The van der Waals surface area contributed by atoms with Crippen LogP contribution in [0.5, 0.6) is 0 Å². The van der Waals surface area contributed by atoms with Crippen LogP contribution in [0.2, 0.25) is 10.0 Å². The fourth-order valence-electron chi connectivity index (χ4n) is 3.03. The summed E-state index contributed by atoms with van der Waals surface area (Å²) in [7, 11) is -3.82. The molecule has 30 heavy (non-hydrogen) atoms. The van der Waals surface area contributed by atoms with Crippen LogP contribution in [0.15, 0.2) is 27.6 Å². The zero-order chi connectivity index (χ0) is 21.6. The third-order valence-corrected chi connectivity index (χ3v) is 8.32. The fourth-order valence-corrected chi connectivity index (χ4v) is 6.35. The van der Waals surface area contributed by atoms with E-state index in [9.17, 15) is 13.2 Å². The number of aryl methyl sites for hydroxylation is 2. The van der Waals surface area contributed by atoms with Gasteiger partial charge in [-0.3, -0.25) is 10.1 Å². The topological polar surface area (TPSA) is 105 Å². The number of hydrogen-bond acceptors (Lipinski definition) is 7. The number of carbonyl (C=O) groups is 1. The fraction of sp³-hybridized carbons (Fsp3) is 0.278. The molecule has 0 radical (unpaired) electrons. The van der Waals surface area contributed by atoms with E-state index in [4.69, 9.17) is 27.7 Å². The van der Waals surface area contributed by atoms with Crippen LogP contribution in [-0.4, -0.2) is 35.3 Å². The first-order valence-electron chi connectivity index (χ1n) is 8.84. The van der Waals surface area contributed by atoms with Crippen LogP contribution in [0.25, 0.3) is 0 Å². The second kappa shape index (κ2) is 7.93. The van der Waals surface area contributed by atoms with Crippen LogP contribution in [0.4, 0.5) is 5.13 Å². The molecule has 0 unspecified atom stereocenters. The van der Waals surface area contributed by atoms with Crippen molar-refractivity contribution in [2.45, 2.75) is 31.7 Å². The third-order valence-electron chi connectivity index (χ3n) is 4.61. The summed E-state index contributed by atoms with van der Waals surface area (Å²) in [6.07, 6.45) is 0.425. The minimum absolute atomic E-state index is 0.0222. The van der Waals surface area contributed by atoms with Crippen LogP contribution >= 0.6 is 34.5 Å². The van der Waals surface area contributed by atoms with E-state index in [0.717, 1.165) is 10.6 Å². The number of rotatable bonds is 4. The summed E-state index contributed by atoms with van der Waals surface area (Å²) >= 11 is 13.4. The van der Waals surface area contributed by atoms with Crippen molar-refractivity contribution in [3.8, 4) is 0 Å². The smallest absolute Gasteiger partial charge is 0.279 e. The number of aromatic nitrogens is 2. The first kappa shape index (κ1) is 21.3. The molecule has 0 spiro atoms. The molecule has 0 saturated carbocycles. The van der Waals surface area contributed by atoms with Gasteiger partial charge in [0, 0.05) is 28.9 Å². The molecule has 1 aliphatic heterocycles. The first-order chi connectivity index (χ1) is 14.1. The summed E-state index contributed by atoms with van der Waals surface area (Å²) in [6.45, 7) is 3.81. The summed E-state index contributed by atoms with van der Waals surface area (Å²) in [4.78, 5) is 17.5. The Kier molecular flexibility index (Phi) is 5.62. The van der Waals surface area contributed by atoms with E-state index in [2.05, 4.69) is 15.5 Å². The molecule has 1 amide bonds. The van der Waals surface area contributed by atoms with Gasteiger partial charge in [-0.1, -0.05) is 28.4 Å². The average molecular weight is 487 g/mol. The minimum Gasteiger partial charge on any atom is -0.361 e. The van der Waals surface area contributed by atoms with Crippen molar-refractivity contribution in [3.63, 3.8) is 0 Å². The van der Waals surface area contributed by atoms with Gasteiger partial charge in [0.15, 0.2) is 10.8 Å². The Morgan fingerprint density at radius 1 is 1.23 bits per heavy atom. The number of halogens is 2. The van der Waals surface area contributed by atoms with Crippen molar-refractivity contribution in [1.82, 2.24) is 14.4 Å². The maximum atomic E-state index is 13.1. The van der Waals surface area contributed by atoms with Crippen molar-refractivity contribution in [1.29, 1.82) is 0 Å². The molecule has 0 atom stereocenters. The standard InChI is InChI=1S/C18H16Cl2N4O4S2/c1-9-5-16(12(20)7-11(9)19)30(26,27)24-4-3-13-15(8-24)29-18(21-13)22-17(25)14-6-10(2)28-23-14/h5-7H,3-4,8H2,1-2H3,(H,21,22,25). The highest BCUT2D eigenvalue weighted by atomic mass is 35.5. The van der Waals surface area contributed by atoms with Gasteiger partial charge in [-0.05, 0) is 31.5 Å². The number of anilines is 1. The van der Waals surface area contributed by atoms with Crippen molar-refractivity contribution < 1.29 is 17.7 Å². The van der Waals surface area contributed by atoms with Crippen LogP contribution in [0, 0.1) is 13.8 Å². The van der Waals surface area contributed by atoms with Gasteiger partial charge in [-0.25, -0.2) is 13.4 Å². The van der Waals surface area contributed by atoms with Gasteiger partial charge in [0.05, 0.1) is 17.3 Å². The average Bonchev–Trinajstić information content (AvgIpc) is 3.29. The molecule has 0 bridgehead atoms. The van der Waals surface area contributed by atoms with Crippen molar-refractivity contribution >= 4 is 55.6 Å². The van der Waals surface area contributed by atoms with Crippen LogP contribution < -0.4 is 5.32 Å². The molecule has 0 aliphatic carbocycles. The highest BCUT2D eigenvalue weighted by Gasteiger charge is 2.32. The molecule has 2 aromatic heterocycles. The molecule has 12 heteroatoms. The Hall–Kier alpha value is -1.98. The van der Waals surface area contributed by atoms with Crippen LogP contribution in [-0.2, 0) is 23.0 Å². The van der Waals surface area contributed by atoms with E-state index in [1.807, 2.05) is 0 Å². The number of nitrogens with zero attached hydrogens (tertiary/aromatic N) is 3. The number of nitrogens with one attached hydrogen (secondary N) is 1. The van der Waals surface area contributed by atoms with Gasteiger partial charge in [0.1, 0.15) is 10.7 Å². The Labute approximate surface area is 186 Å². The lowest BCUT2D eigenvalue weighted by Crippen LogP contribution is -2.35. The monoisotopic (exact) mass is 486 g/mol. The highest BCUT2D eigenvalue weighted by Crippen LogP contribution is 2.34. The zero-order valence-electron chi connectivity index (χ0n) is 15.9. The number of hydrogen-bond donors (Lipinski definition) is 1. The molecule has 0 fully saturated rings. The summed E-state index contributed by atoms with van der Waals surface area (Å²) in [6, 6.07) is 4.44. The molecule has 158 valence electrons. The molecule has 4 rings (SSSR count). The number of thiazole rings is 1. The lowest BCUT2D eigenvalue weighted by molar-refractivity contribution is 0.101. The molecular formula is C18H16Cl2N4O4S2. The number of carbonyl (C=O) groups excluding carboxylic acids is 1. The molecule has 1 aromatic carbocycles. The van der Waals surface area contributed by atoms with Crippen molar-refractivity contribution in [2.75, 3.05) is 11.9 Å². The van der Waals surface area contributed by atoms with Gasteiger partial charge in [0.25, 0.3) is 5.91 Å². The second-order valence-electron chi connectivity index (χ2n) is 6.79. The number of amides is 1. The SMILES string of the molecule is Cc1cc(C(=O)Nc2nc3c(s2)CN(S(=O)(=O)c2cc(C)c(Cl)cc2Cl)CC3)no1. The zero-order valence-corrected chi connectivity index (χ0v) is 19.0. The Balaban J connectivity index is 1.55. The molecule has 3 heterocycles. The van der Waals surface area contributed by atoms with E-state index in [1.54, 1.807) is 13.8 Å². The van der Waals surface area contributed by atoms with Crippen molar-refractivity contribution in [2.24, 2.45) is 0 Å². The predicted molar refractivity (Wildman–Crippen MR) is 114 cm³/mol. The number of fused-ring (bicyclic) bond motifs is 1. The number of benzene rings is 1. The molecular weight excluding hydrogens is 471 g/mol. The maximum Gasteiger partial charge on any atom is 0.279 e. The normalized spacial score (nSPS) is 14.5. The quantitative estimate of drug-likeness (QED) is 0.595. The van der Waals surface area contributed by atoms with Crippen molar-refractivity contribution in [3.05, 3.63) is 55.8 Å². The van der Waals surface area contributed by atoms with Crippen LogP contribution in [0.3, 0.4) is 0 Å². The Bertz CT molecular complexity index is 1250. The molecule has 8 nitrogen and oxygen atoms in total. The first-order valence-corrected chi connectivity index (χ1v) is 11.9. The van der Waals surface area contributed by atoms with Crippen LogP contribution in [0.1, 0.15) is 32.4 Å². The summed E-state index contributed by atoms with van der Waals surface area (Å²) < 4.78 is 32.6. The van der Waals surface area contributed by atoms with E-state index >= 15 is 0 Å². The Morgan fingerprint density at radius 3 is 2.70 bits per heavy atom. The predicted octanol–water partition coefficient (Wildman–Crippen LogP) is 4.05. The Morgan fingerprint density at radius 2 is 2.00 bits per heavy atom. The minimum atomic E-state index is -3.82. The van der Waals surface area contributed by atoms with E-state index in [-0.39, 0.29) is 28.7 Å². The largest absolute Gasteiger partial charge is 0.361 e. The van der Waals surface area contributed by atoms with Gasteiger partial charge >= 0.3 is 0 Å². The second-order valence-corrected chi connectivity index (χ2v) is 10.6. The lowest BCUT2D eigenvalue weighted by Gasteiger charge is -2.26. The number of sulfonamides is 1. The van der Waals surface area contributed by atoms with E-state index in [1.165, 1.54) is 33.8 Å². The molecule has 1 aliphatic rings. The van der Waals surface area contributed by atoms with E-state index in [0.29, 0.717) is 27.9 Å². The van der Waals surface area contributed by atoms with Gasteiger partial charge in [-0.15, -0.1) is 11.3 Å². The van der Waals surface area contributed by atoms with Gasteiger partial charge in [-0.2, -0.15) is 4.31 Å². The summed E-state index contributed by atoms with van der Waals surface area (Å²) in [5.41, 5.74) is 1.54. The molecule has 3 aromatic rings. The highest BCUT2D eigenvalue weighted by molar-refractivity contribution is 7.89. The third kappa shape index (κ3) is 3.97. The summed E-state index contributed by atoms with van der Waals surface area (Å²) in [5, 5.41) is 7.22. The van der Waals surface area contributed by atoms with Gasteiger partial charge < -0.3 is 4.52 Å².